The van der Waals surface area contributed by atoms with Crippen molar-refractivity contribution in [3.05, 3.63) is 48.0 Å². The molecule has 1 amide bonds. The number of anilines is 1. The van der Waals surface area contributed by atoms with Gasteiger partial charge in [0.05, 0.1) is 18.1 Å². The van der Waals surface area contributed by atoms with Crippen LogP contribution in [0.15, 0.2) is 47.4 Å². The number of ether oxygens (including phenoxy) is 2. The molecule has 2 heterocycles. The standard InChI is InChI=1S/C25H30N2O5S/c28-25(27-14-3-6-18-5-1-2-7-22(18)27)19-8-10-20(11-9-19)26-33(29,30)21-12-13-23-24(17-21)32-16-4-15-31-23/h8-13,17-18,22,26H,1-7,14-16H2/t18-,22+/m0/s1. The normalized spacial score (nSPS) is 22.7. The molecule has 0 spiro atoms. The first-order valence-corrected chi connectivity index (χ1v) is 13.3. The van der Waals surface area contributed by atoms with Crippen LogP contribution < -0.4 is 14.2 Å². The highest BCUT2D eigenvalue weighted by molar-refractivity contribution is 7.92. The van der Waals surface area contributed by atoms with Crippen LogP contribution in [0.3, 0.4) is 0 Å². The highest BCUT2D eigenvalue weighted by Gasteiger charge is 2.36. The van der Waals surface area contributed by atoms with Crippen LogP contribution in [0.25, 0.3) is 0 Å². The molecule has 5 rings (SSSR count). The Morgan fingerprint density at radius 2 is 1.61 bits per heavy atom. The summed E-state index contributed by atoms with van der Waals surface area (Å²) in [5, 5.41) is 0. The van der Waals surface area contributed by atoms with Gasteiger partial charge >= 0.3 is 0 Å². The van der Waals surface area contributed by atoms with E-state index in [4.69, 9.17) is 9.47 Å². The molecular formula is C25H30N2O5S. The molecule has 8 heteroatoms. The number of piperidine rings is 1. The van der Waals surface area contributed by atoms with E-state index in [0.29, 0.717) is 47.9 Å². The summed E-state index contributed by atoms with van der Waals surface area (Å²) >= 11 is 0. The van der Waals surface area contributed by atoms with E-state index in [9.17, 15) is 13.2 Å². The summed E-state index contributed by atoms with van der Waals surface area (Å²) in [6.45, 7) is 1.83. The Morgan fingerprint density at radius 3 is 2.42 bits per heavy atom. The van der Waals surface area contributed by atoms with Gasteiger partial charge < -0.3 is 14.4 Å². The van der Waals surface area contributed by atoms with Gasteiger partial charge in [0.1, 0.15) is 0 Å². The molecule has 2 atom stereocenters. The van der Waals surface area contributed by atoms with E-state index >= 15 is 0 Å². The van der Waals surface area contributed by atoms with Gasteiger partial charge in [-0.3, -0.25) is 9.52 Å². The summed E-state index contributed by atoms with van der Waals surface area (Å²) in [4.78, 5) is 15.3. The van der Waals surface area contributed by atoms with Gasteiger partial charge in [-0.2, -0.15) is 0 Å². The Hall–Kier alpha value is -2.74. The maximum atomic E-state index is 13.2. The van der Waals surface area contributed by atoms with E-state index in [2.05, 4.69) is 4.72 Å². The van der Waals surface area contributed by atoms with Gasteiger partial charge in [-0.25, -0.2) is 8.42 Å². The second-order valence-corrected chi connectivity index (χ2v) is 10.8. The lowest BCUT2D eigenvalue weighted by Crippen LogP contribution is -2.49. The van der Waals surface area contributed by atoms with Gasteiger partial charge in [-0.05, 0) is 68.0 Å². The fourth-order valence-electron chi connectivity index (χ4n) is 5.25. The predicted octanol–water partition coefficient (Wildman–Crippen LogP) is 4.44. The van der Waals surface area contributed by atoms with Crippen molar-refractivity contribution in [3.63, 3.8) is 0 Å². The van der Waals surface area contributed by atoms with E-state index < -0.39 is 10.0 Å². The zero-order valence-electron chi connectivity index (χ0n) is 18.7. The summed E-state index contributed by atoms with van der Waals surface area (Å²) in [5.41, 5.74) is 1.01. The minimum absolute atomic E-state index is 0.0453. The quantitative estimate of drug-likeness (QED) is 0.714. The Morgan fingerprint density at radius 1 is 0.879 bits per heavy atom. The Labute approximate surface area is 195 Å². The molecule has 0 unspecified atom stereocenters. The molecule has 1 N–H and O–H groups in total. The molecule has 2 aromatic rings. The monoisotopic (exact) mass is 470 g/mol. The number of benzene rings is 2. The summed E-state index contributed by atoms with van der Waals surface area (Å²) in [6.07, 6.45) is 7.78. The lowest BCUT2D eigenvalue weighted by Gasteiger charge is -2.44. The Bertz CT molecular complexity index is 1110. The first-order chi connectivity index (χ1) is 16.0. The summed E-state index contributed by atoms with van der Waals surface area (Å²) in [6, 6.07) is 11.7. The van der Waals surface area contributed by atoms with E-state index in [1.807, 2.05) is 4.90 Å². The van der Waals surface area contributed by atoms with Crippen molar-refractivity contribution in [2.45, 2.75) is 55.9 Å². The Kier molecular flexibility index (Phi) is 6.19. The minimum Gasteiger partial charge on any atom is -0.490 e. The number of likely N-dealkylation sites (tertiary alicyclic amines) is 1. The van der Waals surface area contributed by atoms with E-state index in [-0.39, 0.29) is 10.8 Å². The van der Waals surface area contributed by atoms with Crippen LogP contribution in [0.4, 0.5) is 5.69 Å². The number of fused-ring (bicyclic) bond motifs is 2. The molecular weight excluding hydrogens is 440 g/mol. The molecule has 0 aromatic heterocycles. The van der Waals surface area contributed by atoms with E-state index in [1.54, 1.807) is 30.3 Å². The number of amides is 1. The van der Waals surface area contributed by atoms with Crippen molar-refractivity contribution in [1.82, 2.24) is 4.90 Å². The van der Waals surface area contributed by atoms with Crippen molar-refractivity contribution in [1.29, 1.82) is 0 Å². The van der Waals surface area contributed by atoms with Gasteiger partial charge in [0.2, 0.25) is 0 Å². The molecule has 2 fully saturated rings. The molecule has 0 bridgehead atoms. The van der Waals surface area contributed by atoms with E-state index in [0.717, 1.165) is 25.8 Å². The largest absolute Gasteiger partial charge is 0.490 e. The molecule has 1 saturated carbocycles. The van der Waals surface area contributed by atoms with Crippen LogP contribution >= 0.6 is 0 Å². The molecule has 0 radical (unpaired) electrons. The van der Waals surface area contributed by atoms with Gasteiger partial charge in [-0.1, -0.05) is 12.8 Å². The minimum atomic E-state index is -3.81. The van der Waals surface area contributed by atoms with Crippen LogP contribution in [0.2, 0.25) is 0 Å². The maximum Gasteiger partial charge on any atom is 0.262 e. The van der Waals surface area contributed by atoms with Crippen molar-refractivity contribution < 1.29 is 22.7 Å². The molecule has 1 saturated heterocycles. The van der Waals surface area contributed by atoms with Gasteiger partial charge in [0, 0.05) is 36.3 Å². The van der Waals surface area contributed by atoms with Gasteiger partial charge in [-0.15, -0.1) is 0 Å². The number of nitrogens with one attached hydrogen (secondary N) is 1. The first kappa shape index (κ1) is 22.1. The fourth-order valence-corrected chi connectivity index (χ4v) is 6.32. The first-order valence-electron chi connectivity index (χ1n) is 11.8. The Balaban J connectivity index is 1.29. The van der Waals surface area contributed by atoms with Crippen molar-refractivity contribution >= 4 is 21.6 Å². The molecule has 1 aliphatic carbocycles. The van der Waals surface area contributed by atoms with Crippen molar-refractivity contribution in [2.24, 2.45) is 5.92 Å². The zero-order valence-corrected chi connectivity index (χ0v) is 19.5. The van der Waals surface area contributed by atoms with Gasteiger partial charge in [0.25, 0.3) is 15.9 Å². The predicted molar refractivity (Wildman–Crippen MR) is 125 cm³/mol. The third-order valence-corrected chi connectivity index (χ3v) is 8.30. The molecule has 33 heavy (non-hydrogen) atoms. The maximum absolute atomic E-state index is 13.2. The number of carbonyl (C=O) groups excluding carboxylic acids is 1. The SMILES string of the molecule is O=C(c1ccc(NS(=O)(=O)c2ccc3c(c2)OCCCO3)cc1)N1CCC[C@@H]2CCCC[C@H]21. The molecule has 2 aliphatic heterocycles. The fraction of sp³-hybridized carbons (Fsp3) is 0.480. The highest BCUT2D eigenvalue weighted by atomic mass is 32.2. The van der Waals surface area contributed by atoms with Crippen molar-refractivity contribution in [3.8, 4) is 11.5 Å². The van der Waals surface area contributed by atoms with Gasteiger partial charge in [0.15, 0.2) is 11.5 Å². The lowest BCUT2D eigenvalue weighted by molar-refractivity contribution is 0.0390. The molecule has 2 aromatic carbocycles. The lowest BCUT2D eigenvalue weighted by atomic mass is 9.78. The number of rotatable bonds is 4. The highest BCUT2D eigenvalue weighted by Crippen LogP contribution is 2.36. The van der Waals surface area contributed by atoms with E-state index in [1.165, 1.54) is 37.8 Å². The average molecular weight is 471 g/mol. The topological polar surface area (TPSA) is 84.9 Å². The van der Waals surface area contributed by atoms with Crippen LogP contribution in [0.1, 0.15) is 55.3 Å². The summed E-state index contributed by atoms with van der Waals surface area (Å²) in [7, 11) is -3.81. The average Bonchev–Trinajstić information content (AvgIpc) is 3.08. The second-order valence-electron chi connectivity index (χ2n) is 9.09. The summed E-state index contributed by atoms with van der Waals surface area (Å²) in [5.74, 6) is 1.65. The number of carbonyl (C=O) groups is 1. The third kappa shape index (κ3) is 4.67. The van der Waals surface area contributed by atoms with Crippen LogP contribution in [-0.2, 0) is 10.0 Å². The number of sulfonamides is 1. The second kappa shape index (κ2) is 9.25. The number of hydrogen-bond donors (Lipinski definition) is 1. The third-order valence-electron chi connectivity index (χ3n) is 6.92. The zero-order chi connectivity index (χ0) is 22.8. The summed E-state index contributed by atoms with van der Waals surface area (Å²) < 4.78 is 39.6. The smallest absolute Gasteiger partial charge is 0.262 e. The molecule has 176 valence electrons. The molecule has 3 aliphatic rings. The van der Waals surface area contributed by atoms with Crippen LogP contribution in [-0.4, -0.2) is 45.0 Å². The van der Waals surface area contributed by atoms with Crippen LogP contribution in [0.5, 0.6) is 11.5 Å². The molecule has 7 nitrogen and oxygen atoms in total. The number of nitrogens with zero attached hydrogens (tertiary/aromatic N) is 1. The van der Waals surface area contributed by atoms with Crippen LogP contribution in [0, 0.1) is 5.92 Å². The van der Waals surface area contributed by atoms with Crippen molar-refractivity contribution in [2.75, 3.05) is 24.5 Å². The number of hydrogen-bond acceptors (Lipinski definition) is 5.